The van der Waals surface area contributed by atoms with Gasteiger partial charge in [-0.2, -0.15) is 0 Å². The van der Waals surface area contributed by atoms with Gasteiger partial charge in [-0.1, -0.05) is 42.0 Å². The van der Waals surface area contributed by atoms with Crippen LogP contribution >= 0.6 is 0 Å². The van der Waals surface area contributed by atoms with Crippen molar-refractivity contribution in [2.24, 2.45) is 0 Å². The van der Waals surface area contributed by atoms with Crippen molar-refractivity contribution in [3.63, 3.8) is 0 Å². The quantitative estimate of drug-likeness (QED) is 0.656. The van der Waals surface area contributed by atoms with Gasteiger partial charge in [-0.15, -0.1) is 0 Å². The first-order valence-electron chi connectivity index (χ1n) is 7.13. The number of aldehydes is 1. The summed E-state index contributed by atoms with van der Waals surface area (Å²) < 4.78 is 4.93. The fraction of sp³-hybridized carbons (Fsp3) is 0.167. The van der Waals surface area contributed by atoms with E-state index in [0.717, 1.165) is 11.1 Å². The number of aryl methyl sites for hydroxylation is 1. The fourth-order valence-corrected chi connectivity index (χ4v) is 1.87. The van der Waals surface area contributed by atoms with Crippen LogP contribution in [0.25, 0.3) is 0 Å². The Kier molecular flexibility index (Phi) is 5.63. The molecular weight excluding hydrogens is 294 g/mol. The highest BCUT2D eigenvalue weighted by Gasteiger charge is 2.10. The Balaban J connectivity index is 1.77. The molecule has 0 atom stereocenters. The number of ether oxygens (including phenoxy) is 1. The molecule has 0 unspecified atom stereocenters. The average molecular weight is 311 g/mol. The summed E-state index contributed by atoms with van der Waals surface area (Å²) in [4.78, 5) is 34.0. The Hall–Kier alpha value is -2.95. The molecule has 0 aliphatic rings. The summed E-state index contributed by atoms with van der Waals surface area (Å²) in [7, 11) is 0. The van der Waals surface area contributed by atoms with E-state index in [1.807, 2.05) is 31.2 Å². The first-order chi connectivity index (χ1) is 11.1. The van der Waals surface area contributed by atoms with Crippen molar-refractivity contribution in [2.45, 2.75) is 13.5 Å². The molecule has 2 aromatic rings. The molecule has 23 heavy (non-hydrogen) atoms. The van der Waals surface area contributed by atoms with E-state index in [1.54, 1.807) is 0 Å². The number of rotatable bonds is 6. The molecule has 0 saturated heterocycles. The Bertz CT molecular complexity index is 690. The second kappa shape index (κ2) is 7.89. The smallest absolute Gasteiger partial charge is 0.338 e. The second-order valence-corrected chi connectivity index (χ2v) is 5.08. The van der Waals surface area contributed by atoms with E-state index in [-0.39, 0.29) is 12.5 Å². The number of esters is 1. The van der Waals surface area contributed by atoms with Crippen LogP contribution in [0.3, 0.4) is 0 Å². The monoisotopic (exact) mass is 311 g/mol. The van der Waals surface area contributed by atoms with E-state index in [2.05, 4.69) is 5.32 Å². The molecule has 2 rings (SSSR count). The predicted octanol–water partition coefficient (Wildman–Crippen LogP) is 2.28. The van der Waals surface area contributed by atoms with Gasteiger partial charge in [0, 0.05) is 12.1 Å². The number of nitrogens with one attached hydrogen (secondary N) is 1. The minimum Gasteiger partial charge on any atom is -0.452 e. The van der Waals surface area contributed by atoms with E-state index >= 15 is 0 Å². The molecule has 0 aliphatic carbocycles. The zero-order chi connectivity index (χ0) is 16.7. The van der Waals surface area contributed by atoms with Crippen LogP contribution in [0, 0.1) is 6.92 Å². The molecule has 0 radical (unpaired) electrons. The van der Waals surface area contributed by atoms with Gasteiger partial charge in [-0.3, -0.25) is 9.59 Å². The molecule has 5 nitrogen and oxygen atoms in total. The number of carbonyl (C=O) groups is 3. The molecule has 0 fully saturated rings. The highest BCUT2D eigenvalue weighted by molar-refractivity contribution is 5.92. The number of hydrogen-bond acceptors (Lipinski definition) is 4. The van der Waals surface area contributed by atoms with Crippen molar-refractivity contribution in [2.75, 3.05) is 6.61 Å². The number of hydrogen-bond donors (Lipinski definition) is 1. The van der Waals surface area contributed by atoms with E-state index in [4.69, 9.17) is 4.74 Å². The number of benzene rings is 2. The van der Waals surface area contributed by atoms with Gasteiger partial charge in [0.25, 0.3) is 5.91 Å². The molecule has 0 bridgehead atoms. The van der Waals surface area contributed by atoms with Crippen LogP contribution in [0.15, 0.2) is 48.5 Å². The van der Waals surface area contributed by atoms with E-state index in [9.17, 15) is 14.4 Å². The van der Waals surface area contributed by atoms with Crippen molar-refractivity contribution in [1.82, 2.24) is 5.32 Å². The molecule has 2 aromatic carbocycles. The van der Waals surface area contributed by atoms with Crippen LogP contribution < -0.4 is 5.32 Å². The summed E-state index contributed by atoms with van der Waals surface area (Å²) in [5.41, 5.74) is 2.88. The zero-order valence-corrected chi connectivity index (χ0v) is 12.7. The average Bonchev–Trinajstić information content (AvgIpc) is 2.59. The standard InChI is InChI=1S/C18H17NO4/c1-13-2-4-14(5-3-13)10-19-17(21)12-23-18(22)16-8-6-15(11-20)7-9-16/h2-9,11H,10,12H2,1H3,(H,19,21). The number of carbonyl (C=O) groups excluding carboxylic acids is 3. The maximum atomic E-state index is 11.8. The molecule has 0 saturated carbocycles. The molecule has 0 aliphatic heterocycles. The van der Waals surface area contributed by atoms with Crippen LogP contribution in [-0.2, 0) is 16.1 Å². The lowest BCUT2D eigenvalue weighted by Crippen LogP contribution is -2.28. The first kappa shape index (κ1) is 16.4. The summed E-state index contributed by atoms with van der Waals surface area (Å²) in [5.74, 6) is -0.976. The third-order valence-corrected chi connectivity index (χ3v) is 3.23. The SMILES string of the molecule is Cc1ccc(CNC(=O)COC(=O)c2ccc(C=O)cc2)cc1. The molecule has 0 spiro atoms. The minimum absolute atomic E-state index is 0.293. The molecule has 118 valence electrons. The Labute approximate surface area is 134 Å². The van der Waals surface area contributed by atoms with Gasteiger partial charge in [-0.05, 0) is 24.6 Å². The van der Waals surface area contributed by atoms with E-state index in [0.29, 0.717) is 24.0 Å². The maximum absolute atomic E-state index is 11.8. The largest absolute Gasteiger partial charge is 0.452 e. The molecule has 1 N–H and O–H groups in total. The minimum atomic E-state index is -0.604. The zero-order valence-electron chi connectivity index (χ0n) is 12.7. The van der Waals surface area contributed by atoms with Crippen LogP contribution in [0.5, 0.6) is 0 Å². The van der Waals surface area contributed by atoms with Crippen LogP contribution in [0.1, 0.15) is 31.8 Å². The Morgan fingerprint density at radius 3 is 2.30 bits per heavy atom. The summed E-state index contributed by atoms with van der Waals surface area (Å²) in [6, 6.07) is 13.8. The normalized spacial score (nSPS) is 9.96. The predicted molar refractivity (Wildman–Crippen MR) is 85.1 cm³/mol. The topological polar surface area (TPSA) is 72.5 Å². The van der Waals surface area contributed by atoms with Crippen molar-refractivity contribution < 1.29 is 19.1 Å². The second-order valence-electron chi connectivity index (χ2n) is 5.08. The lowest BCUT2D eigenvalue weighted by molar-refractivity contribution is -0.124. The summed E-state index contributed by atoms with van der Waals surface area (Å²) in [6.45, 7) is 2.02. The van der Waals surface area contributed by atoms with Gasteiger partial charge in [0.2, 0.25) is 0 Å². The summed E-state index contributed by atoms with van der Waals surface area (Å²) in [5, 5.41) is 2.68. The third-order valence-electron chi connectivity index (χ3n) is 3.23. The van der Waals surface area contributed by atoms with Gasteiger partial charge in [-0.25, -0.2) is 4.79 Å². The van der Waals surface area contributed by atoms with Crippen molar-refractivity contribution in [3.05, 3.63) is 70.8 Å². The van der Waals surface area contributed by atoms with Gasteiger partial charge in [0.1, 0.15) is 6.29 Å². The highest BCUT2D eigenvalue weighted by Crippen LogP contribution is 2.05. The Morgan fingerprint density at radius 1 is 1.04 bits per heavy atom. The van der Waals surface area contributed by atoms with E-state index in [1.165, 1.54) is 24.3 Å². The Morgan fingerprint density at radius 2 is 1.70 bits per heavy atom. The van der Waals surface area contributed by atoms with Gasteiger partial charge in [0.05, 0.1) is 5.56 Å². The van der Waals surface area contributed by atoms with Crippen LogP contribution in [-0.4, -0.2) is 24.8 Å². The molecular formula is C18H17NO4. The van der Waals surface area contributed by atoms with Gasteiger partial charge >= 0.3 is 5.97 Å². The fourth-order valence-electron chi connectivity index (χ4n) is 1.87. The lowest BCUT2D eigenvalue weighted by Gasteiger charge is -2.07. The molecule has 1 amide bonds. The molecule has 5 heteroatoms. The first-order valence-corrected chi connectivity index (χ1v) is 7.13. The third kappa shape index (κ3) is 5.07. The van der Waals surface area contributed by atoms with Gasteiger partial charge < -0.3 is 10.1 Å². The molecule has 0 aromatic heterocycles. The van der Waals surface area contributed by atoms with Crippen LogP contribution in [0.4, 0.5) is 0 Å². The highest BCUT2D eigenvalue weighted by atomic mass is 16.5. The summed E-state index contributed by atoms with van der Waals surface area (Å²) in [6.07, 6.45) is 0.688. The molecule has 0 heterocycles. The van der Waals surface area contributed by atoms with E-state index < -0.39 is 5.97 Å². The van der Waals surface area contributed by atoms with Gasteiger partial charge in [0.15, 0.2) is 6.61 Å². The number of amides is 1. The maximum Gasteiger partial charge on any atom is 0.338 e. The van der Waals surface area contributed by atoms with Crippen molar-refractivity contribution in [3.8, 4) is 0 Å². The van der Waals surface area contributed by atoms with Crippen molar-refractivity contribution >= 4 is 18.2 Å². The summed E-state index contributed by atoms with van der Waals surface area (Å²) >= 11 is 0. The van der Waals surface area contributed by atoms with Crippen LogP contribution in [0.2, 0.25) is 0 Å². The van der Waals surface area contributed by atoms with Crippen molar-refractivity contribution in [1.29, 1.82) is 0 Å². The lowest BCUT2D eigenvalue weighted by atomic mass is 10.1.